The minimum atomic E-state index is -0.528. The van der Waals surface area contributed by atoms with Crippen molar-refractivity contribution in [2.45, 2.75) is 20.8 Å². The van der Waals surface area contributed by atoms with E-state index in [1.807, 2.05) is 37.5 Å². The Morgan fingerprint density at radius 2 is 1.79 bits per heavy atom. The zero-order chi connectivity index (χ0) is 27.4. The first-order valence-corrected chi connectivity index (χ1v) is 12.7. The van der Waals surface area contributed by atoms with Crippen molar-refractivity contribution in [1.82, 2.24) is 9.47 Å². The zero-order valence-corrected chi connectivity index (χ0v) is 22.3. The normalized spacial score (nSPS) is 14.2. The molecule has 0 unspecified atom stereocenters. The molecule has 4 rings (SSSR count). The van der Waals surface area contributed by atoms with E-state index in [2.05, 4.69) is 5.32 Å². The van der Waals surface area contributed by atoms with E-state index in [4.69, 9.17) is 9.47 Å². The maximum Gasteiger partial charge on any atom is 0.337 e. The Hall–Kier alpha value is -4.31. The van der Waals surface area contributed by atoms with Gasteiger partial charge < -0.3 is 19.4 Å². The average molecular weight is 534 g/mol. The van der Waals surface area contributed by atoms with Crippen molar-refractivity contribution >= 4 is 46.5 Å². The lowest BCUT2D eigenvalue weighted by molar-refractivity contribution is -0.127. The van der Waals surface area contributed by atoms with Crippen molar-refractivity contribution < 1.29 is 28.7 Å². The van der Waals surface area contributed by atoms with Gasteiger partial charge in [0.25, 0.3) is 11.1 Å². The van der Waals surface area contributed by atoms with Crippen LogP contribution in [0.2, 0.25) is 0 Å². The molecule has 0 saturated carbocycles. The number of benzene rings is 2. The highest BCUT2D eigenvalue weighted by molar-refractivity contribution is 8.18. The van der Waals surface area contributed by atoms with Gasteiger partial charge in [-0.3, -0.25) is 19.3 Å². The summed E-state index contributed by atoms with van der Waals surface area (Å²) in [7, 11) is 1.33. The number of thioether (sulfide) groups is 1. The number of esters is 1. The van der Waals surface area contributed by atoms with Crippen LogP contribution in [0.25, 0.3) is 11.8 Å². The predicted molar refractivity (Wildman–Crippen MR) is 146 cm³/mol. The van der Waals surface area contributed by atoms with Crippen molar-refractivity contribution in [3.63, 3.8) is 0 Å². The van der Waals surface area contributed by atoms with Crippen LogP contribution in [0.3, 0.4) is 0 Å². The Bertz CT molecular complexity index is 1440. The van der Waals surface area contributed by atoms with Gasteiger partial charge in [-0.1, -0.05) is 6.07 Å². The molecule has 2 aromatic carbocycles. The van der Waals surface area contributed by atoms with E-state index < -0.39 is 29.6 Å². The summed E-state index contributed by atoms with van der Waals surface area (Å²) in [5, 5.41) is 2.18. The fourth-order valence-electron chi connectivity index (χ4n) is 4.14. The summed E-state index contributed by atoms with van der Waals surface area (Å²) in [6, 6.07) is 15.8. The number of methoxy groups -OCH3 is 1. The van der Waals surface area contributed by atoms with Crippen LogP contribution in [0.1, 0.15) is 34.2 Å². The third-order valence-electron chi connectivity index (χ3n) is 5.91. The molecule has 10 heteroatoms. The summed E-state index contributed by atoms with van der Waals surface area (Å²) in [6.07, 6.45) is 1.65. The van der Waals surface area contributed by atoms with E-state index in [1.54, 1.807) is 48.5 Å². The molecule has 0 atom stereocenters. The summed E-state index contributed by atoms with van der Waals surface area (Å²) < 4.78 is 12.2. The lowest BCUT2D eigenvalue weighted by Crippen LogP contribution is -2.36. The van der Waals surface area contributed by atoms with Gasteiger partial charge in [0.15, 0.2) is 0 Å². The smallest absolute Gasteiger partial charge is 0.337 e. The number of anilines is 1. The monoisotopic (exact) mass is 533 g/mol. The third kappa shape index (κ3) is 5.65. The van der Waals surface area contributed by atoms with E-state index in [-0.39, 0.29) is 4.91 Å². The molecule has 1 N–H and O–H groups in total. The number of carbonyl (C=O) groups excluding carboxylic acids is 4. The highest BCUT2D eigenvalue weighted by Gasteiger charge is 2.36. The molecule has 0 radical (unpaired) electrons. The molecule has 3 aromatic rings. The summed E-state index contributed by atoms with van der Waals surface area (Å²) in [5.74, 6) is -0.771. The van der Waals surface area contributed by atoms with E-state index >= 15 is 0 Å². The number of carbonyl (C=O) groups is 4. The summed E-state index contributed by atoms with van der Waals surface area (Å²) in [5.41, 5.74) is 4.17. The molecule has 1 aliphatic rings. The highest BCUT2D eigenvalue weighted by atomic mass is 32.2. The Morgan fingerprint density at radius 3 is 2.47 bits per heavy atom. The number of hydrogen-bond donors (Lipinski definition) is 1. The average Bonchev–Trinajstić information content (AvgIpc) is 3.33. The van der Waals surface area contributed by atoms with Crippen LogP contribution in [0, 0.1) is 13.8 Å². The molecule has 0 spiro atoms. The van der Waals surface area contributed by atoms with Crippen LogP contribution < -0.4 is 10.1 Å². The van der Waals surface area contributed by atoms with Gasteiger partial charge in [0.05, 0.1) is 24.2 Å². The van der Waals surface area contributed by atoms with Crippen LogP contribution in [-0.2, 0) is 14.3 Å². The Kier molecular flexibility index (Phi) is 8.02. The minimum absolute atomic E-state index is 0.229. The molecule has 2 heterocycles. The number of hydrogen-bond acceptors (Lipinski definition) is 7. The Labute approximate surface area is 224 Å². The lowest BCUT2D eigenvalue weighted by Gasteiger charge is -2.13. The van der Waals surface area contributed by atoms with E-state index in [0.717, 1.165) is 39.3 Å². The van der Waals surface area contributed by atoms with Gasteiger partial charge in [-0.25, -0.2) is 4.79 Å². The number of amides is 3. The maximum atomic E-state index is 13.0. The molecular formula is C28H27N3O6S. The molecule has 9 nitrogen and oxygen atoms in total. The molecule has 38 heavy (non-hydrogen) atoms. The summed E-state index contributed by atoms with van der Waals surface area (Å²) in [4.78, 5) is 51.3. The van der Waals surface area contributed by atoms with Crippen molar-refractivity contribution in [3.8, 4) is 11.4 Å². The number of imide groups is 1. The number of rotatable bonds is 8. The lowest BCUT2D eigenvalue weighted by atomic mass is 10.2. The second-order valence-corrected chi connectivity index (χ2v) is 9.47. The number of aryl methyl sites for hydroxylation is 1. The van der Waals surface area contributed by atoms with Crippen LogP contribution in [0.4, 0.5) is 10.5 Å². The van der Waals surface area contributed by atoms with Crippen LogP contribution in [0.15, 0.2) is 59.5 Å². The number of nitrogens with one attached hydrogen (secondary N) is 1. The Balaban J connectivity index is 1.50. The second kappa shape index (κ2) is 11.4. The van der Waals surface area contributed by atoms with Crippen LogP contribution >= 0.6 is 11.8 Å². The molecule has 1 aliphatic heterocycles. The van der Waals surface area contributed by atoms with Crippen molar-refractivity contribution in [3.05, 3.63) is 82.0 Å². The second-order valence-electron chi connectivity index (χ2n) is 8.48. The van der Waals surface area contributed by atoms with E-state index in [9.17, 15) is 19.2 Å². The molecule has 196 valence electrons. The molecular weight excluding hydrogens is 506 g/mol. The maximum absolute atomic E-state index is 13.0. The largest absolute Gasteiger partial charge is 0.494 e. The summed E-state index contributed by atoms with van der Waals surface area (Å²) >= 11 is 0.793. The quantitative estimate of drug-likeness (QED) is 0.322. The minimum Gasteiger partial charge on any atom is -0.494 e. The number of aromatic nitrogens is 1. The fourth-order valence-corrected chi connectivity index (χ4v) is 4.97. The van der Waals surface area contributed by atoms with Crippen molar-refractivity contribution in [2.24, 2.45) is 0 Å². The fraction of sp³-hybridized carbons (Fsp3) is 0.214. The van der Waals surface area contributed by atoms with Gasteiger partial charge >= 0.3 is 5.97 Å². The topological polar surface area (TPSA) is 107 Å². The first-order valence-electron chi connectivity index (χ1n) is 11.9. The number of ether oxygens (including phenoxy) is 2. The van der Waals surface area contributed by atoms with Crippen LogP contribution in [0.5, 0.6) is 5.75 Å². The van der Waals surface area contributed by atoms with Gasteiger partial charge in [0, 0.05) is 22.8 Å². The van der Waals surface area contributed by atoms with Gasteiger partial charge in [0.1, 0.15) is 12.3 Å². The van der Waals surface area contributed by atoms with Gasteiger partial charge in [-0.15, -0.1) is 0 Å². The Morgan fingerprint density at radius 1 is 1.05 bits per heavy atom. The SMILES string of the molecule is CCOc1ccc(NC(=O)CN2C(=O)S/C(=C/c3cc(C)n(-c4cccc(C(=O)OC)c4)c3C)C2=O)cc1. The number of nitrogens with zero attached hydrogens (tertiary/aromatic N) is 2. The van der Waals surface area contributed by atoms with Gasteiger partial charge in [-0.2, -0.15) is 0 Å². The van der Waals surface area contributed by atoms with Gasteiger partial charge in [-0.05, 0) is 92.7 Å². The van der Waals surface area contributed by atoms with Crippen molar-refractivity contribution in [2.75, 3.05) is 25.6 Å². The molecule has 0 bridgehead atoms. The van der Waals surface area contributed by atoms with E-state index in [1.165, 1.54) is 7.11 Å². The molecule has 1 saturated heterocycles. The standard InChI is InChI=1S/C28H27N3O6S/c1-5-37-23-11-9-21(10-12-23)29-25(32)16-30-26(33)24(38-28(30)35)15-20-13-17(2)31(18(20)3)22-8-6-7-19(14-22)27(34)36-4/h6-15H,5,16H2,1-4H3,(H,29,32)/b24-15+. The molecule has 0 aliphatic carbocycles. The highest BCUT2D eigenvalue weighted by Crippen LogP contribution is 2.34. The third-order valence-corrected chi connectivity index (χ3v) is 6.81. The van der Waals surface area contributed by atoms with E-state index in [0.29, 0.717) is 23.6 Å². The van der Waals surface area contributed by atoms with Gasteiger partial charge in [0.2, 0.25) is 5.91 Å². The molecule has 3 amide bonds. The first-order chi connectivity index (χ1) is 18.2. The predicted octanol–water partition coefficient (Wildman–Crippen LogP) is 4.95. The van der Waals surface area contributed by atoms with Crippen molar-refractivity contribution in [1.29, 1.82) is 0 Å². The zero-order valence-electron chi connectivity index (χ0n) is 21.4. The molecule has 1 fully saturated rings. The van der Waals surface area contributed by atoms with Crippen LogP contribution in [-0.4, -0.2) is 52.8 Å². The molecule has 1 aromatic heterocycles. The summed E-state index contributed by atoms with van der Waals surface area (Å²) in [6.45, 7) is 5.81. The first kappa shape index (κ1) is 26.7.